The number of rotatable bonds is 3. The number of aromatic nitrogens is 2. The van der Waals surface area contributed by atoms with Crippen molar-refractivity contribution < 1.29 is 4.79 Å². The van der Waals surface area contributed by atoms with Gasteiger partial charge in [-0.3, -0.25) is 4.79 Å². The highest BCUT2D eigenvalue weighted by atomic mass is 16.2. The van der Waals surface area contributed by atoms with E-state index in [4.69, 9.17) is 0 Å². The van der Waals surface area contributed by atoms with Crippen molar-refractivity contribution in [1.29, 1.82) is 0 Å². The molecule has 0 aliphatic carbocycles. The lowest BCUT2D eigenvalue weighted by molar-refractivity contribution is -0.128. The summed E-state index contributed by atoms with van der Waals surface area (Å²) in [6.07, 6.45) is 0. The molecule has 17 heavy (non-hydrogen) atoms. The summed E-state index contributed by atoms with van der Waals surface area (Å²) in [4.78, 5) is 17.5. The predicted molar refractivity (Wildman–Crippen MR) is 67.6 cm³/mol. The van der Waals surface area contributed by atoms with Crippen LogP contribution in [0.4, 0.5) is 0 Å². The highest BCUT2D eigenvalue weighted by molar-refractivity contribution is 5.76. The summed E-state index contributed by atoms with van der Waals surface area (Å²) in [6, 6.07) is 8.05. The van der Waals surface area contributed by atoms with Crippen LogP contribution in [-0.4, -0.2) is 27.4 Å². The molecule has 0 atom stereocenters. The van der Waals surface area contributed by atoms with Gasteiger partial charge in [0, 0.05) is 20.5 Å². The third-order valence-electron chi connectivity index (χ3n) is 2.97. The van der Waals surface area contributed by atoms with Crippen LogP contribution in [0.2, 0.25) is 0 Å². The standard InChI is InChI=1S/C13H17N3O/c1-4-16-12-8-6-5-7-11(12)14-13(16)9-15(3)10(2)17/h5-8H,4,9H2,1-3H3. The number of carbonyl (C=O) groups is 1. The Bertz CT molecular complexity index is 545. The molecule has 0 radical (unpaired) electrons. The quantitative estimate of drug-likeness (QED) is 0.810. The van der Waals surface area contributed by atoms with Crippen LogP contribution in [0, 0.1) is 0 Å². The Kier molecular flexibility index (Phi) is 3.13. The maximum absolute atomic E-state index is 11.3. The normalized spacial score (nSPS) is 10.8. The van der Waals surface area contributed by atoms with E-state index in [0.29, 0.717) is 6.54 Å². The lowest BCUT2D eigenvalue weighted by Gasteiger charge is -2.15. The monoisotopic (exact) mass is 231 g/mol. The minimum Gasteiger partial charge on any atom is -0.339 e. The Morgan fingerprint density at radius 2 is 2.12 bits per heavy atom. The summed E-state index contributed by atoms with van der Waals surface area (Å²) < 4.78 is 2.15. The van der Waals surface area contributed by atoms with Crippen LogP contribution in [0.5, 0.6) is 0 Å². The van der Waals surface area contributed by atoms with Crippen molar-refractivity contribution >= 4 is 16.9 Å². The minimum atomic E-state index is 0.0553. The van der Waals surface area contributed by atoms with Crippen LogP contribution in [0.3, 0.4) is 0 Å². The molecule has 2 rings (SSSR count). The molecule has 1 aromatic heterocycles. The van der Waals surface area contributed by atoms with Gasteiger partial charge in [0.15, 0.2) is 0 Å². The molecule has 0 aliphatic heterocycles. The lowest BCUT2D eigenvalue weighted by atomic mass is 10.3. The Balaban J connectivity index is 2.43. The number of para-hydroxylation sites is 2. The molecule has 0 bridgehead atoms. The number of amides is 1. The first-order chi connectivity index (χ1) is 8.13. The molecule has 1 heterocycles. The molecular formula is C13H17N3O. The highest BCUT2D eigenvalue weighted by Gasteiger charge is 2.12. The van der Waals surface area contributed by atoms with Gasteiger partial charge < -0.3 is 9.47 Å². The van der Waals surface area contributed by atoms with Crippen LogP contribution in [0.15, 0.2) is 24.3 Å². The number of hydrogen-bond donors (Lipinski definition) is 0. The van der Waals surface area contributed by atoms with Crippen LogP contribution in [0.25, 0.3) is 11.0 Å². The second-order valence-electron chi connectivity index (χ2n) is 4.14. The van der Waals surface area contributed by atoms with Crippen LogP contribution in [-0.2, 0) is 17.9 Å². The van der Waals surface area contributed by atoms with Crippen LogP contribution >= 0.6 is 0 Å². The Labute approximate surface area is 101 Å². The SMILES string of the molecule is CCn1c(CN(C)C(C)=O)nc2ccccc21. The van der Waals surface area contributed by atoms with Gasteiger partial charge in [-0.1, -0.05) is 12.1 Å². The van der Waals surface area contributed by atoms with Crippen LogP contribution in [0.1, 0.15) is 19.7 Å². The number of carbonyl (C=O) groups excluding carboxylic acids is 1. The van der Waals surface area contributed by atoms with E-state index in [-0.39, 0.29) is 5.91 Å². The van der Waals surface area contributed by atoms with Gasteiger partial charge >= 0.3 is 0 Å². The summed E-state index contributed by atoms with van der Waals surface area (Å²) in [5.74, 6) is 0.992. The summed E-state index contributed by atoms with van der Waals surface area (Å²) in [7, 11) is 1.79. The average Bonchev–Trinajstić information content (AvgIpc) is 2.65. The summed E-state index contributed by atoms with van der Waals surface area (Å²) in [5, 5.41) is 0. The maximum Gasteiger partial charge on any atom is 0.219 e. The Morgan fingerprint density at radius 1 is 1.41 bits per heavy atom. The van der Waals surface area contributed by atoms with E-state index >= 15 is 0 Å². The van der Waals surface area contributed by atoms with Gasteiger partial charge in [-0.15, -0.1) is 0 Å². The molecule has 0 spiro atoms. The molecule has 1 amide bonds. The fraction of sp³-hybridized carbons (Fsp3) is 0.385. The molecule has 2 aromatic rings. The first-order valence-electron chi connectivity index (χ1n) is 5.79. The number of aryl methyl sites for hydroxylation is 1. The van der Waals surface area contributed by atoms with Gasteiger partial charge in [-0.05, 0) is 19.1 Å². The fourth-order valence-corrected chi connectivity index (χ4v) is 1.92. The average molecular weight is 231 g/mol. The van der Waals surface area contributed by atoms with E-state index in [0.717, 1.165) is 23.4 Å². The molecular weight excluding hydrogens is 214 g/mol. The minimum absolute atomic E-state index is 0.0553. The van der Waals surface area contributed by atoms with E-state index in [1.165, 1.54) is 0 Å². The van der Waals surface area contributed by atoms with E-state index in [1.807, 2.05) is 18.2 Å². The molecule has 0 N–H and O–H groups in total. The molecule has 0 aliphatic rings. The number of imidazole rings is 1. The van der Waals surface area contributed by atoms with Crippen molar-refractivity contribution in [1.82, 2.24) is 14.5 Å². The summed E-state index contributed by atoms with van der Waals surface area (Å²) >= 11 is 0. The zero-order chi connectivity index (χ0) is 12.4. The molecule has 90 valence electrons. The zero-order valence-electron chi connectivity index (χ0n) is 10.5. The van der Waals surface area contributed by atoms with E-state index in [9.17, 15) is 4.79 Å². The number of hydrogen-bond acceptors (Lipinski definition) is 2. The second kappa shape index (κ2) is 4.57. The topological polar surface area (TPSA) is 38.1 Å². The molecule has 0 fully saturated rings. The van der Waals surface area contributed by atoms with Gasteiger partial charge in [-0.2, -0.15) is 0 Å². The lowest BCUT2D eigenvalue weighted by Crippen LogP contribution is -2.25. The number of nitrogens with zero attached hydrogens (tertiary/aromatic N) is 3. The van der Waals surface area contributed by atoms with Crippen molar-refractivity contribution in [3.05, 3.63) is 30.1 Å². The second-order valence-corrected chi connectivity index (χ2v) is 4.14. The highest BCUT2D eigenvalue weighted by Crippen LogP contribution is 2.16. The predicted octanol–water partition coefficient (Wildman–Crippen LogP) is 2.03. The van der Waals surface area contributed by atoms with Crippen molar-refractivity contribution in [3.8, 4) is 0 Å². The van der Waals surface area contributed by atoms with E-state index in [1.54, 1.807) is 18.9 Å². The van der Waals surface area contributed by atoms with Gasteiger partial charge in [0.25, 0.3) is 0 Å². The fourth-order valence-electron chi connectivity index (χ4n) is 1.92. The molecule has 0 saturated carbocycles. The maximum atomic E-state index is 11.3. The largest absolute Gasteiger partial charge is 0.339 e. The number of benzene rings is 1. The zero-order valence-corrected chi connectivity index (χ0v) is 10.5. The van der Waals surface area contributed by atoms with Crippen molar-refractivity contribution in [2.24, 2.45) is 0 Å². The molecule has 0 saturated heterocycles. The molecule has 1 aromatic carbocycles. The smallest absolute Gasteiger partial charge is 0.219 e. The third kappa shape index (κ3) is 2.16. The molecule has 0 unspecified atom stereocenters. The van der Waals surface area contributed by atoms with Gasteiger partial charge in [0.2, 0.25) is 5.91 Å². The van der Waals surface area contributed by atoms with Crippen molar-refractivity contribution in [3.63, 3.8) is 0 Å². The Hall–Kier alpha value is -1.84. The molecule has 4 heteroatoms. The summed E-state index contributed by atoms with van der Waals surface area (Å²) in [5.41, 5.74) is 2.11. The van der Waals surface area contributed by atoms with E-state index < -0.39 is 0 Å². The first-order valence-corrected chi connectivity index (χ1v) is 5.79. The van der Waals surface area contributed by atoms with Gasteiger partial charge in [0.05, 0.1) is 17.6 Å². The number of fused-ring (bicyclic) bond motifs is 1. The van der Waals surface area contributed by atoms with Gasteiger partial charge in [0.1, 0.15) is 5.82 Å². The first kappa shape index (κ1) is 11.6. The van der Waals surface area contributed by atoms with Crippen molar-refractivity contribution in [2.75, 3.05) is 7.05 Å². The van der Waals surface area contributed by atoms with Crippen LogP contribution < -0.4 is 0 Å². The molecule has 4 nitrogen and oxygen atoms in total. The summed E-state index contributed by atoms with van der Waals surface area (Å²) in [6.45, 7) is 5.07. The van der Waals surface area contributed by atoms with Crippen molar-refractivity contribution in [2.45, 2.75) is 26.9 Å². The Morgan fingerprint density at radius 3 is 2.76 bits per heavy atom. The van der Waals surface area contributed by atoms with Gasteiger partial charge in [-0.25, -0.2) is 4.98 Å². The third-order valence-corrected chi connectivity index (χ3v) is 2.97. The van der Waals surface area contributed by atoms with E-state index in [2.05, 4.69) is 22.5 Å².